The Kier molecular flexibility index (Phi) is 6.31. The molecule has 1 heterocycles. The summed E-state index contributed by atoms with van der Waals surface area (Å²) in [6.07, 6.45) is 0. The highest BCUT2D eigenvalue weighted by atomic mass is 35.5. The van der Waals surface area contributed by atoms with Crippen molar-refractivity contribution in [3.05, 3.63) is 69.2 Å². The number of halogens is 2. The lowest BCUT2D eigenvalue weighted by Gasteiger charge is -2.06. The Hall–Kier alpha value is -2.04. The average Bonchev–Trinajstić information content (AvgIpc) is 3.10. The molecule has 0 saturated heterocycles. The first-order valence-electron chi connectivity index (χ1n) is 7.90. The summed E-state index contributed by atoms with van der Waals surface area (Å²) in [6.45, 7) is 1.76. The van der Waals surface area contributed by atoms with Crippen molar-refractivity contribution in [3.8, 4) is 0 Å². The van der Waals surface area contributed by atoms with Crippen LogP contribution in [0.1, 0.15) is 21.5 Å². The first-order chi connectivity index (χ1) is 13.3. The van der Waals surface area contributed by atoms with Crippen molar-refractivity contribution in [1.82, 2.24) is 14.9 Å². The number of anilines is 1. The number of amides is 1. The highest BCUT2D eigenvalue weighted by molar-refractivity contribution is 7.91. The van der Waals surface area contributed by atoms with Crippen LogP contribution in [0.5, 0.6) is 0 Å². The molecule has 0 unspecified atom stereocenters. The molecule has 11 heteroatoms. The minimum absolute atomic E-state index is 0.0389. The third-order valence-corrected chi connectivity index (χ3v) is 6.91. The van der Waals surface area contributed by atoms with E-state index in [1.165, 1.54) is 6.07 Å². The van der Waals surface area contributed by atoms with E-state index in [9.17, 15) is 13.2 Å². The molecular weight excluding hydrogens is 443 g/mol. The maximum Gasteiger partial charge on any atom is 0.270 e. The van der Waals surface area contributed by atoms with E-state index < -0.39 is 10.0 Å². The number of carbonyl (C=O) groups is 1. The number of hydrogen-bond acceptors (Lipinski definition) is 6. The summed E-state index contributed by atoms with van der Waals surface area (Å²) in [4.78, 5) is 12.3. The van der Waals surface area contributed by atoms with Crippen LogP contribution in [-0.2, 0) is 16.6 Å². The molecule has 0 aliphatic carbocycles. The second kappa shape index (κ2) is 8.54. The van der Waals surface area contributed by atoms with Crippen LogP contribution in [0, 0.1) is 6.92 Å². The molecule has 2 N–H and O–H groups in total. The maximum absolute atomic E-state index is 12.4. The zero-order valence-electron chi connectivity index (χ0n) is 14.4. The molecule has 0 aliphatic heterocycles. The number of aryl methyl sites for hydroxylation is 1. The van der Waals surface area contributed by atoms with Crippen molar-refractivity contribution in [1.29, 1.82) is 0 Å². The number of nitrogens with one attached hydrogen (secondary N) is 2. The topological polar surface area (TPSA) is 101 Å². The number of aromatic nitrogens is 2. The van der Waals surface area contributed by atoms with Crippen LogP contribution in [-0.4, -0.2) is 24.5 Å². The molecule has 3 aromatic rings. The molecule has 0 fully saturated rings. The molecule has 0 aliphatic rings. The molecule has 3 rings (SSSR count). The second-order valence-electron chi connectivity index (χ2n) is 5.70. The zero-order chi connectivity index (χ0) is 20.3. The highest BCUT2D eigenvalue weighted by Crippen LogP contribution is 2.23. The van der Waals surface area contributed by atoms with Crippen LogP contribution in [0.15, 0.2) is 46.8 Å². The molecule has 0 atom stereocenters. The van der Waals surface area contributed by atoms with E-state index in [-0.39, 0.29) is 21.9 Å². The number of rotatable bonds is 6. The van der Waals surface area contributed by atoms with E-state index in [0.29, 0.717) is 21.2 Å². The van der Waals surface area contributed by atoms with Gasteiger partial charge in [0, 0.05) is 22.2 Å². The van der Waals surface area contributed by atoms with E-state index in [0.717, 1.165) is 16.9 Å². The van der Waals surface area contributed by atoms with Crippen LogP contribution >= 0.6 is 34.5 Å². The van der Waals surface area contributed by atoms with Crippen LogP contribution in [0.3, 0.4) is 0 Å². The molecule has 1 amide bonds. The fourth-order valence-corrected chi connectivity index (χ4v) is 4.68. The van der Waals surface area contributed by atoms with Gasteiger partial charge in [-0.15, -0.1) is 10.2 Å². The van der Waals surface area contributed by atoms with Gasteiger partial charge in [-0.05, 0) is 36.2 Å². The van der Waals surface area contributed by atoms with E-state index in [2.05, 4.69) is 20.2 Å². The summed E-state index contributed by atoms with van der Waals surface area (Å²) < 4.78 is 27.0. The molecule has 146 valence electrons. The Morgan fingerprint density at radius 3 is 2.61 bits per heavy atom. The molecular formula is C17H14Cl2N4O3S2. The van der Waals surface area contributed by atoms with E-state index >= 15 is 0 Å². The van der Waals surface area contributed by atoms with Crippen LogP contribution in [0.25, 0.3) is 0 Å². The molecule has 0 radical (unpaired) electrons. The highest BCUT2D eigenvalue weighted by Gasteiger charge is 2.21. The molecule has 0 spiro atoms. The lowest BCUT2D eigenvalue weighted by Crippen LogP contribution is -2.23. The lowest BCUT2D eigenvalue weighted by molar-refractivity contribution is 0.102. The number of hydrogen-bond donors (Lipinski definition) is 2. The standard InChI is InChI=1S/C17H14Cl2N4O3S2/c1-10-4-2-3-5-13(10)15(24)21-16-22-23-17(27-16)28(25,26)20-9-11-6-7-12(18)8-14(11)19/h2-8,20H,9H2,1H3,(H,21,22,24). The first kappa shape index (κ1) is 20.7. The van der Waals surface area contributed by atoms with Gasteiger partial charge in [0.1, 0.15) is 0 Å². The van der Waals surface area contributed by atoms with Crippen LogP contribution < -0.4 is 10.0 Å². The fourth-order valence-electron chi connectivity index (χ4n) is 2.26. The van der Waals surface area contributed by atoms with E-state index in [1.807, 2.05) is 6.07 Å². The van der Waals surface area contributed by atoms with Crippen molar-refractivity contribution < 1.29 is 13.2 Å². The monoisotopic (exact) mass is 456 g/mol. The number of carbonyl (C=O) groups excluding carboxylic acids is 1. The minimum atomic E-state index is -3.92. The Morgan fingerprint density at radius 1 is 1.14 bits per heavy atom. The van der Waals surface area contributed by atoms with Gasteiger partial charge in [-0.25, -0.2) is 13.1 Å². The van der Waals surface area contributed by atoms with Gasteiger partial charge in [-0.2, -0.15) is 0 Å². The summed E-state index contributed by atoms with van der Waals surface area (Å²) in [5.74, 6) is -0.390. The van der Waals surface area contributed by atoms with Gasteiger partial charge < -0.3 is 0 Å². The normalized spacial score (nSPS) is 11.4. The van der Waals surface area contributed by atoms with Crippen molar-refractivity contribution in [2.24, 2.45) is 0 Å². The Balaban J connectivity index is 1.70. The molecule has 7 nitrogen and oxygen atoms in total. The minimum Gasteiger partial charge on any atom is -0.296 e. The molecule has 2 aromatic carbocycles. The quantitative estimate of drug-likeness (QED) is 0.547. The zero-order valence-corrected chi connectivity index (χ0v) is 17.6. The van der Waals surface area contributed by atoms with Gasteiger partial charge in [0.05, 0.1) is 0 Å². The smallest absolute Gasteiger partial charge is 0.270 e. The van der Waals surface area contributed by atoms with Crippen LogP contribution in [0.4, 0.5) is 5.13 Å². The Bertz CT molecular complexity index is 1130. The summed E-state index contributed by atoms with van der Waals surface area (Å²) in [5, 5.41) is 10.8. The van der Waals surface area contributed by atoms with Crippen LogP contribution in [0.2, 0.25) is 10.0 Å². The molecule has 1 aromatic heterocycles. The largest absolute Gasteiger partial charge is 0.296 e. The van der Waals surface area contributed by atoms with E-state index in [1.54, 1.807) is 37.3 Å². The number of nitrogens with zero attached hydrogens (tertiary/aromatic N) is 2. The third kappa shape index (κ3) is 4.86. The van der Waals surface area contributed by atoms with Crippen molar-refractivity contribution in [2.45, 2.75) is 17.8 Å². The van der Waals surface area contributed by atoms with Gasteiger partial charge in [0.15, 0.2) is 0 Å². The summed E-state index contributed by atoms with van der Waals surface area (Å²) >= 11 is 12.6. The Labute approximate surface area is 175 Å². The summed E-state index contributed by atoms with van der Waals surface area (Å²) in [6, 6.07) is 11.8. The van der Waals surface area contributed by atoms with Crippen molar-refractivity contribution in [2.75, 3.05) is 5.32 Å². The van der Waals surface area contributed by atoms with Gasteiger partial charge in [-0.3, -0.25) is 10.1 Å². The van der Waals surface area contributed by atoms with Crippen molar-refractivity contribution in [3.63, 3.8) is 0 Å². The number of benzene rings is 2. The van der Waals surface area contributed by atoms with Crippen molar-refractivity contribution >= 4 is 55.6 Å². The third-order valence-electron chi connectivity index (χ3n) is 3.71. The van der Waals surface area contributed by atoms with Gasteiger partial charge >= 0.3 is 0 Å². The Morgan fingerprint density at radius 2 is 1.89 bits per heavy atom. The average molecular weight is 457 g/mol. The van der Waals surface area contributed by atoms with Gasteiger partial charge in [0.2, 0.25) is 9.47 Å². The maximum atomic E-state index is 12.4. The predicted octanol–water partition coefficient (Wildman–Crippen LogP) is 3.88. The SMILES string of the molecule is Cc1ccccc1C(=O)Nc1nnc(S(=O)(=O)NCc2ccc(Cl)cc2Cl)s1. The molecule has 28 heavy (non-hydrogen) atoms. The lowest BCUT2D eigenvalue weighted by atomic mass is 10.1. The summed E-state index contributed by atoms with van der Waals surface area (Å²) in [5.41, 5.74) is 1.82. The predicted molar refractivity (Wildman–Crippen MR) is 110 cm³/mol. The fraction of sp³-hybridized carbons (Fsp3) is 0.118. The number of sulfonamides is 1. The molecule has 0 bridgehead atoms. The first-order valence-corrected chi connectivity index (χ1v) is 11.0. The van der Waals surface area contributed by atoms with E-state index in [4.69, 9.17) is 23.2 Å². The second-order valence-corrected chi connectivity index (χ2v) is 9.46. The van der Waals surface area contributed by atoms with Gasteiger partial charge in [-0.1, -0.05) is 58.8 Å². The molecule has 0 saturated carbocycles. The summed E-state index contributed by atoms with van der Waals surface area (Å²) in [7, 11) is -3.92. The van der Waals surface area contributed by atoms with Gasteiger partial charge in [0.25, 0.3) is 15.9 Å².